The summed E-state index contributed by atoms with van der Waals surface area (Å²) in [7, 11) is -19.8. The predicted octanol–water partition coefficient (Wildman–Crippen LogP) is 7.71. The Labute approximate surface area is 165 Å². The largest absolute Gasteiger partial charge is 0.325 e. The van der Waals surface area contributed by atoms with Gasteiger partial charge in [0.15, 0.2) is 5.03 Å². The zero-order valence-electron chi connectivity index (χ0n) is 14.1. The second kappa shape index (κ2) is 6.24. The van der Waals surface area contributed by atoms with E-state index in [1.807, 2.05) is 0 Å². The Morgan fingerprint density at radius 1 is 0.700 bits per heavy atom. The van der Waals surface area contributed by atoms with Crippen LogP contribution in [0.2, 0.25) is 0 Å². The van der Waals surface area contributed by atoms with Gasteiger partial charge in [-0.1, -0.05) is 57.1 Å². The minimum absolute atomic E-state index is 0.0182. The topological polar surface area (TPSA) is 48.4 Å². The molecule has 0 saturated heterocycles. The second-order valence-corrected chi connectivity index (χ2v) is 11.5. The molecule has 0 saturated carbocycles. The highest BCUT2D eigenvalue weighted by Gasteiger charge is 2.67. The molecule has 1 atom stereocenters. The number of aromatic nitrogens is 1. The predicted molar refractivity (Wildman–Crippen MR) is 91.2 cm³/mol. The van der Waals surface area contributed by atoms with Crippen LogP contribution in [0.25, 0.3) is 0 Å². The molecule has 17 heteroatoms. The average Bonchev–Trinajstić information content (AvgIpc) is 2.55. The summed E-state index contributed by atoms with van der Waals surface area (Å²) in [5.41, 5.74) is -0.239. The van der Waals surface area contributed by atoms with Crippen LogP contribution >= 0.6 is 20.4 Å². The van der Waals surface area contributed by atoms with Crippen LogP contribution in [0.5, 0.6) is 0 Å². The van der Waals surface area contributed by atoms with Crippen LogP contribution in [0.4, 0.5) is 38.9 Å². The first kappa shape index (κ1) is 24.7. The minimum Gasteiger partial charge on any atom is -0.264 e. The molecule has 0 amide bonds. The van der Waals surface area contributed by atoms with Crippen LogP contribution in [0.1, 0.15) is 11.1 Å². The number of nitrogens with zero attached hydrogens (tertiary/aromatic N) is 1. The molecular weight excluding hydrogens is 504 g/mol. The fourth-order valence-electron chi connectivity index (χ4n) is 1.83. The number of benzene rings is 1. The molecule has 0 aliphatic heterocycles. The summed E-state index contributed by atoms with van der Waals surface area (Å²) in [4.78, 5) is 0.485. The smallest absolute Gasteiger partial charge is 0.264 e. The van der Waals surface area contributed by atoms with Gasteiger partial charge in [0.05, 0.1) is 13.2 Å². The van der Waals surface area contributed by atoms with E-state index in [1.165, 1.54) is 0 Å². The van der Waals surface area contributed by atoms with Gasteiger partial charge in [-0.2, -0.15) is 4.21 Å². The van der Waals surface area contributed by atoms with E-state index in [9.17, 15) is 43.1 Å². The number of pyridine rings is 1. The van der Waals surface area contributed by atoms with E-state index in [0.29, 0.717) is 24.4 Å². The molecule has 4 nitrogen and oxygen atoms in total. The van der Waals surface area contributed by atoms with Gasteiger partial charge in [0.1, 0.15) is 4.90 Å². The molecule has 1 unspecified atom stereocenters. The number of hydrogen-bond acceptors (Lipinski definition) is 4. The Bertz CT molecular complexity index is 881. The van der Waals surface area contributed by atoms with E-state index in [0.717, 1.165) is 0 Å². The standard InChI is InChI=1S/C13H11F10NO3S3/c14-29(15,16,17,18)12-4-1-10(2-5-12)8-26-28(25)27-9-11-3-6-13(24-7-11)30(19,20,21,22)23/h1-7H,8-9H2. The molecule has 0 aliphatic carbocycles. The Morgan fingerprint density at radius 2 is 1.17 bits per heavy atom. The third-order valence-electron chi connectivity index (χ3n) is 3.21. The van der Waals surface area contributed by atoms with Crippen molar-refractivity contribution in [1.29, 1.82) is 0 Å². The molecule has 0 spiro atoms. The van der Waals surface area contributed by atoms with Crippen molar-refractivity contribution in [2.24, 2.45) is 0 Å². The Morgan fingerprint density at radius 3 is 1.57 bits per heavy atom. The van der Waals surface area contributed by atoms with Gasteiger partial charge in [-0.05, 0) is 29.3 Å². The Kier molecular flexibility index (Phi) is 5.14. The molecule has 2 rings (SSSR count). The quantitative estimate of drug-likeness (QED) is 0.338. The molecular formula is C13H11F10NO3S3. The summed E-state index contributed by atoms with van der Waals surface area (Å²) in [5.74, 6) is 0. The summed E-state index contributed by atoms with van der Waals surface area (Å²) < 4.78 is 146. The van der Waals surface area contributed by atoms with Crippen molar-refractivity contribution in [3.05, 3.63) is 53.7 Å². The van der Waals surface area contributed by atoms with Crippen molar-refractivity contribution >= 4 is 31.8 Å². The molecule has 0 aliphatic rings. The Hall–Kier alpha value is -1.56. The Balaban J connectivity index is 1.91. The maximum atomic E-state index is 12.6. The fraction of sp³-hybridized carbons (Fsp3) is 0.154. The highest BCUT2D eigenvalue weighted by atomic mass is 32.5. The van der Waals surface area contributed by atoms with Gasteiger partial charge in [0.25, 0.3) is 0 Å². The van der Waals surface area contributed by atoms with Gasteiger partial charge >= 0.3 is 31.8 Å². The van der Waals surface area contributed by atoms with E-state index in [1.54, 1.807) is 0 Å². The first-order chi connectivity index (χ1) is 13.0. The summed E-state index contributed by atoms with van der Waals surface area (Å²) >= 11 is -2.55. The maximum Gasteiger partial charge on any atom is 0.325 e. The van der Waals surface area contributed by atoms with Crippen LogP contribution in [-0.4, -0.2) is 9.19 Å². The second-order valence-electron chi connectivity index (χ2n) is 5.82. The van der Waals surface area contributed by atoms with Crippen LogP contribution in [0, 0.1) is 0 Å². The monoisotopic (exact) mass is 515 g/mol. The van der Waals surface area contributed by atoms with Crippen LogP contribution < -0.4 is 0 Å². The summed E-state index contributed by atoms with van der Waals surface area (Å²) in [6.07, 6.45) is 0.420. The zero-order valence-corrected chi connectivity index (χ0v) is 16.6. The van der Waals surface area contributed by atoms with E-state index in [-0.39, 0.29) is 29.3 Å². The molecule has 1 aromatic carbocycles. The van der Waals surface area contributed by atoms with Gasteiger partial charge in [-0.3, -0.25) is 8.37 Å². The fourth-order valence-corrected chi connectivity index (χ4v) is 3.59. The molecule has 0 fully saturated rings. The van der Waals surface area contributed by atoms with Crippen molar-refractivity contribution in [2.45, 2.75) is 23.1 Å². The lowest BCUT2D eigenvalue weighted by Crippen LogP contribution is -2.09. The average molecular weight is 515 g/mol. The third kappa shape index (κ3) is 7.29. The van der Waals surface area contributed by atoms with Crippen molar-refractivity contribution in [3.63, 3.8) is 0 Å². The molecule has 1 heterocycles. The SMILES string of the molecule is O=S(OCc1ccc(S(F)(F)(F)(F)F)cc1)OCc1ccc(S(F)(F)(F)(F)F)nc1. The van der Waals surface area contributed by atoms with Gasteiger partial charge in [0.2, 0.25) is 0 Å². The van der Waals surface area contributed by atoms with Gasteiger partial charge in [-0.25, -0.2) is 4.98 Å². The molecule has 174 valence electrons. The van der Waals surface area contributed by atoms with Crippen molar-refractivity contribution < 1.29 is 51.4 Å². The molecule has 0 N–H and O–H groups in total. The van der Waals surface area contributed by atoms with E-state index in [4.69, 9.17) is 0 Å². The summed E-state index contributed by atoms with van der Waals surface area (Å²) in [6.45, 7) is -1.28. The maximum absolute atomic E-state index is 12.6. The summed E-state index contributed by atoms with van der Waals surface area (Å²) in [5, 5.41) is -2.37. The highest BCUT2D eigenvalue weighted by Crippen LogP contribution is 3.02. The van der Waals surface area contributed by atoms with Crippen LogP contribution in [0.15, 0.2) is 52.5 Å². The van der Waals surface area contributed by atoms with E-state index in [2.05, 4.69) is 13.4 Å². The van der Waals surface area contributed by atoms with Crippen molar-refractivity contribution in [1.82, 2.24) is 4.98 Å². The third-order valence-corrected chi connectivity index (χ3v) is 6.02. The summed E-state index contributed by atoms with van der Waals surface area (Å²) in [6, 6.07) is 2.19. The molecule has 2 aromatic rings. The number of hydrogen-bond donors (Lipinski definition) is 0. The number of rotatable bonds is 8. The first-order valence-corrected chi connectivity index (χ1v) is 12.1. The molecule has 1 aromatic heterocycles. The normalized spacial score (nSPS) is 18.6. The van der Waals surface area contributed by atoms with Gasteiger partial charge < -0.3 is 0 Å². The van der Waals surface area contributed by atoms with Gasteiger partial charge in [-0.15, -0.1) is 0 Å². The molecule has 0 radical (unpaired) electrons. The van der Waals surface area contributed by atoms with Crippen molar-refractivity contribution in [3.8, 4) is 0 Å². The van der Waals surface area contributed by atoms with Crippen LogP contribution in [0.3, 0.4) is 0 Å². The highest BCUT2D eigenvalue weighted by molar-refractivity contribution is 8.46. The minimum atomic E-state index is -9.94. The van der Waals surface area contributed by atoms with Crippen LogP contribution in [-0.2, 0) is 32.9 Å². The lowest BCUT2D eigenvalue weighted by molar-refractivity contribution is 0.236. The van der Waals surface area contributed by atoms with Gasteiger partial charge in [0, 0.05) is 6.20 Å². The number of halogens is 10. The first-order valence-electron chi connectivity index (χ1n) is 7.24. The van der Waals surface area contributed by atoms with E-state index >= 15 is 0 Å². The zero-order chi connectivity index (χ0) is 23.2. The molecule has 30 heavy (non-hydrogen) atoms. The lowest BCUT2D eigenvalue weighted by Gasteiger charge is -2.40. The molecule has 0 bridgehead atoms. The van der Waals surface area contributed by atoms with Crippen molar-refractivity contribution in [2.75, 3.05) is 0 Å². The van der Waals surface area contributed by atoms with E-state index < -0.39 is 54.9 Å². The lowest BCUT2D eigenvalue weighted by atomic mass is 10.2.